The van der Waals surface area contributed by atoms with Crippen LogP contribution in [0.25, 0.3) is 0 Å². The summed E-state index contributed by atoms with van der Waals surface area (Å²) in [5, 5.41) is -3.52. The summed E-state index contributed by atoms with van der Waals surface area (Å²) in [5.74, 6) is -0.209. The number of nitrogens with zero attached hydrogens (tertiary/aromatic N) is 1. The van der Waals surface area contributed by atoms with Crippen LogP contribution in [0, 0.1) is 0 Å². The van der Waals surface area contributed by atoms with Crippen LogP contribution in [0.3, 0.4) is 0 Å². The van der Waals surface area contributed by atoms with Gasteiger partial charge in [0.15, 0.2) is 0 Å². The minimum atomic E-state index is -3.89. The summed E-state index contributed by atoms with van der Waals surface area (Å²) in [4.78, 5) is 0. The molecule has 0 aromatic carbocycles. The number of halogens is 4. The van der Waals surface area contributed by atoms with E-state index in [1.165, 1.54) is 32.1 Å². The molecule has 23 heavy (non-hydrogen) atoms. The van der Waals surface area contributed by atoms with Crippen LogP contribution >= 0.6 is 0 Å². The van der Waals surface area contributed by atoms with Crippen molar-refractivity contribution >= 4 is 10.1 Å². The van der Waals surface area contributed by atoms with Crippen LogP contribution in [-0.4, -0.2) is 25.9 Å². The van der Waals surface area contributed by atoms with Crippen LogP contribution in [0.2, 0.25) is 0 Å². The molecule has 140 valence electrons. The maximum Gasteiger partial charge on any atom is 0.297 e. The van der Waals surface area contributed by atoms with E-state index in [9.17, 15) is 26.4 Å². The van der Waals surface area contributed by atoms with Crippen molar-refractivity contribution in [2.45, 2.75) is 64.7 Å². The zero-order chi connectivity index (χ0) is 18.2. The summed E-state index contributed by atoms with van der Waals surface area (Å²) < 4.78 is 68.3. The van der Waals surface area contributed by atoms with Gasteiger partial charge >= 0.3 is 0 Å². The van der Waals surface area contributed by atoms with Crippen molar-refractivity contribution in [3.8, 4) is 0 Å². The molecule has 0 aliphatic rings. The molecule has 0 spiro atoms. The fourth-order valence-corrected chi connectivity index (χ4v) is 2.39. The van der Waals surface area contributed by atoms with E-state index in [1.807, 2.05) is 0 Å². The SMILES string of the molecule is C=CC[N+](F)(F)F.CCCCCCCCCCCS(=O)(=O)OF. The molecular weight excluding hydrogens is 338 g/mol. The van der Waals surface area contributed by atoms with Crippen molar-refractivity contribution in [1.29, 1.82) is 0 Å². The third-order valence-corrected chi connectivity index (χ3v) is 3.91. The molecule has 0 aliphatic carbocycles. The Hall–Kier alpha value is -0.670. The smallest absolute Gasteiger partial charge is 0.197 e. The van der Waals surface area contributed by atoms with Crippen molar-refractivity contribution in [3.63, 3.8) is 0 Å². The van der Waals surface area contributed by atoms with Crippen molar-refractivity contribution < 1.29 is 35.9 Å². The standard InChI is InChI=1S/C11H23FO3S.C3H5F3N/c1-2-3-4-5-6-7-8-9-10-11-16(13,14)15-12;1-2-3-7(4,5)6/h2-11H2,1H3;2H,1,3H2/q;+1. The fraction of sp³-hybridized carbons (Fsp3) is 0.857. The Bertz CT molecular complexity index is 373. The van der Waals surface area contributed by atoms with Crippen LogP contribution in [0.4, 0.5) is 18.0 Å². The fourth-order valence-electron chi connectivity index (χ4n) is 1.77. The van der Waals surface area contributed by atoms with Gasteiger partial charge in [0.25, 0.3) is 10.1 Å². The van der Waals surface area contributed by atoms with E-state index in [0.717, 1.165) is 25.3 Å². The molecule has 0 radical (unpaired) electrons. The molecule has 0 amide bonds. The first kappa shape index (κ1) is 24.6. The number of quaternary nitrogens is 1. The minimum absolute atomic E-state index is 0.209. The van der Waals surface area contributed by atoms with E-state index in [2.05, 4.69) is 17.9 Å². The van der Waals surface area contributed by atoms with Crippen molar-refractivity contribution in [1.82, 2.24) is 0 Å². The van der Waals surface area contributed by atoms with E-state index >= 15 is 0 Å². The average Bonchev–Trinajstić information content (AvgIpc) is 2.45. The van der Waals surface area contributed by atoms with E-state index in [4.69, 9.17) is 0 Å². The van der Waals surface area contributed by atoms with Gasteiger partial charge in [-0.25, -0.2) is 0 Å². The predicted molar refractivity (Wildman–Crippen MR) is 81.9 cm³/mol. The first-order valence-corrected chi connectivity index (χ1v) is 9.37. The molecule has 0 N–H and O–H groups in total. The second-order valence-corrected chi connectivity index (χ2v) is 6.82. The lowest BCUT2D eigenvalue weighted by molar-refractivity contribution is -1.26. The number of rotatable bonds is 13. The number of hydrogen-bond acceptors (Lipinski definition) is 3. The Morgan fingerprint density at radius 2 is 1.39 bits per heavy atom. The summed E-state index contributed by atoms with van der Waals surface area (Å²) in [6, 6.07) is 0. The van der Waals surface area contributed by atoms with Crippen molar-refractivity contribution in [3.05, 3.63) is 12.7 Å². The Morgan fingerprint density at radius 1 is 0.957 bits per heavy atom. The molecule has 0 aromatic rings. The molecule has 9 heteroatoms. The number of unbranched alkanes of at least 4 members (excludes halogenated alkanes) is 8. The summed E-state index contributed by atoms with van der Waals surface area (Å²) in [7, 11) is -3.89. The maximum absolute atomic E-state index is 11.4. The lowest BCUT2D eigenvalue weighted by Crippen LogP contribution is -2.17. The Kier molecular flexibility index (Phi) is 15.9. The topological polar surface area (TPSA) is 43.4 Å². The van der Waals surface area contributed by atoms with Crippen LogP contribution in [0.5, 0.6) is 0 Å². The molecule has 0 saturated carbocycles. The van der Waals surface area contributed by atoms with Gasteiger partial charge in [0, 0.05) is 0 Å². The van der Waals surface area contributed by atoms with Gasteiger partial charge in [-0.3, -0.25) is 0 Å². The first-order chi connectivity index (χ1) is 10.7. The molecule has 0 heterocycles. The highest BCUT2D eigenvalue weighted by molar-refractivity contribution is 7.86. The third kappa shape index (κ3) is 23.7. The maximum atomic E-state index is 11.4. The van der Waals surface area contributed by atoms with Gasteiger partial charge < -0.3 is 0 Å². The van der Waals surface area contributed by atoms with Crippen LogP contribution < -0.4 is 0 Å². The Morgan fingerprint density at radius 3 is 1.70 bits per heavy atom. The average molecular weight is 366 g/mol. The zero-order valence-corrected chi connectivity index (χ0v) is 14.5. The molecule has 0 aliphatic heterocycles. The quantitative estimate of drug-likeness (QED) is 0.190. The van der Waals surface area contributed by atoms with Crippen LogP contribution in [-0.2, 0) is 14.5 Å². The van der Waals surface area contributed by atoms with Gasteiger partial charge in [-0.1, -0.05) is 69.3 Å². The number of hydrogen-bond donors (Lipinski definition) is 0. The second-order valence-electron chi connectivity index (χ2n) is 5.17. The molecule has 0 bridgehead atoms. The van der Waals surface area contributed by atoms with E-state index in [0.29, 0.717) is 6.42 Å². The van der Waals surface area contributed by atoms with Gasteiger partial charge in [-0.2, -0.15) is 8.42 Å². The predicted octanol–water partition coefficient (Wildman–Crippen LogP) is 5.39. The molecule has 0 rings (SSSR count). The van der Waals surface area contributed by atoms with Gasteiger partial charge in [-0.15, -0.1) is 0 Å². The Labute approximate surface area is 136 Å². The molecule has 0 fully saturated rings. The van der Waals surface area contributed by atoms with Gasteiger partial charge in [0.05, 0.1) is 19.2 Å². The van der Waals surface area contributed by atoms with Crippen LogP contribution in [0.1, 0.15) is 64.7 Å². The summed E-state index contributed by atoms with van der Waals surface area (Å²) in [5.41, 5.74) is 0. The summed E-state index contributed by atoms with van der Waals surface area (Å²) in [6.45, 7) is 4.14. The molecule has 4 nitrogen and oxygen atoms in total. The summed E-state index contributed by atoms with van der Waals surface area (Å²) >= 11 is 0. The van der Waals surface area contributed by atoms with Crippen molar-refractivity contribution in [2.75, 3.05) is 12.3 Å². The lowest BCUT2D eigenvalue weighted by Gasteiger charge is -2.01. The largest absolute Gasteiger partial charge is 0.297 e. The van der Waals surface area contributed by atoms with Gasteiger partial charge in [0.1, 0.15) is 0 Å². The lowest BCUT2D eigenvalue weighted by atomic mass is 10.1. The summed E-state index contributed by atoms with van der Waals surface area (Å²) in [6.07, 6.45) is 10.6. The third-order valence-electron chi connectivity index (χ3n) is 2.93. The zero-order valence-electron chi connectivity index (χ0n) is 13.7. The van der Waals surface area contributed by atoms with Crippen molar-refractivity contribution in [2.24, 2.45) is 0 Å². The molecular formula is C14H28F4NO3S+. The molecule has 0 unspecified atom stereocenters. The van der Waals surface area contributed by atoms with E-state index < -0.39 is 21.8 Å². The minimum Gasteiger partial charge on any atom is -0.197 e. The van der Waals surface area contributed by atoms with E-state index in [-0.39, 0.29) is 5.75 Å². The van der Waals surface area contributed by atoms with Gasteiger partial charge in [-0.05, 0) is 17.0 Å². The van der Waals surface area contributed by atoms with Gasteiger partial charge in [0.2, 0.25) is 11.7 Å². The first-order valence-electron chi connectivity index (χ1n) is 7.79. The highest BCUT2D eigenvalue weighted by Gasteiger charge is 2.27. The second kappa shape index (κ2) is 14.9. The molecule has 0 saturated heterocycles. The monoisotopic (exact) mass is 366 g/mol. The normalized spacial score (nSPS) is 11.7. The molecule has 0 atom stereocenters. The van der Waals surface area contributed by atoms with E-state index in [1.54, 1.807) is 0 Å². The van der Waals surface area contributed by atoms with Crippen LogP contribution in [0.15, 0.2) is 12.7 Å². The highest BCUT2D eigenvalue weighted by atomic mass is 32.2. The highest BCUT2D eigenvalue weighted by Crippen LogP contribution is 2.10. The Balaban J connectivity index is 0. The molecule has 0 aromatic heterocycles.